The van der Waals surface area contributed by atoms with E-state index in [0.29, 0.717) is 22.2 Å². The highest BCUT2D eigenvalue weighted by atomic mass is 32.2. The first-order chi connectivity index (χ1) is 9.62. The maximum absolute atomic E-state index is 12.2. The lowest BCUT2D eigenvalue weighted by atomic mass is 10.1. The summed E-state index contributed by atoms with van der Waals surface area (Å²) in [5.41, 5.74) is 0.301. The molecule has 0 radical (unpaired) electrons. The second-order valence-electron chi connectivity index (χ2n) is 3.78. The largest absolute Gasteiger partial charge is 0.493 e. The molecular weight excluding hydrogens is 280 g/mol. The lowest BCUT2D eigenvalue weighted by molar-refractivity contribution is 0.355. The summed E-state index contributed by atoms with van der Waals surface area (Å²) in [5, 5.41) is 8.19. The average molecular weight is 294 g/mol. The second-order valence-corrected chi connectivity index (χ2v) is 4.55. The molecule has 0 unspecified atom stereocenters. The Morgan fingerprint density at radius 3 is 2.50 bits per heavy atom. The summed E-state index contributed by atoms with van der Waals surface area (Å²) in [4.78, 5) is 12.2. The molecule has 0 saturated heterocycles. The number of thioether (sulfide) groups is 1. The van der Waals surface area contributed by atoms with Crippen LogP contribution in [0.4, 0.5) is 0 Å². The van der Waals surface area contributed by atoms with Crippen LogP contribution < -0.4 is 20.9 Å². The van der Waals surface area contributed by atoms with Crippen LogP contribution in [0.5, 0.6) is 11.5 Å². The van der Waals surface area contributed by atoms with Crippen LogP contribution in [0.1, 0.15) is 0 Å². The fourth-order valence-corrected chi connectivity index (χ4v) is 2.09. The Morgan fingerprint density at radius 2 is 1.90 bits per heavy atom. The number of aromatic nitrogens is 3. The highest BCUT2D eigenvalue weighted by Gasteiger charge is 2.14. The number of hydrogen-bond acceptors (Lipinski definition) is 7. The van der Waals surface area contributed by atoms with E-state index >= 15 is 0 Å². The molecule has 2 N–H and O–H groups in total. The van der Waals surface area contributed by atoms with Crippen molar-refractivity contribution in [2.45, 2.75) is 5.16 Å². The van der Waals surface area contributed by atoms with Crippen molar-refractivity contribution in [3.8, 4) is 22.8 Å². The fourth-order valence-electron chi connectivity index (χ4n) is 1.69. The van der Waals surface area contributed by atoms with E-state index in [4.69, 9.17) is 15.3 Å². The third-order valence-corrected chi connectivity index (χ3v) is 3.35. The molecule has 0 fully saturated rings. The van der Waals surface area contributed by atoms with E-state index < -0.39 is 5.56 Å². The van der Waals surface area contributed by atoms with Crippen molar-refractivity contribution < 1.29 is 9.47 Å². The number of ether oxygens (including phenoxy) is 2. The number of nitrogen functional groups attached to an aromatic ring is 1. The summed E-state index contributed by atoms with van der Waals surface area (Å²) in [6.07, 6.45) is 1.77. The average Bonchev–Trinajstić information content (AvgIpc) is 2.49. The van der Waals surface area contributed by atoms with E-state index in [1.807, 2.05) is 0 Å². The summed E-state index contributed by atoms with van der Waals surface area (Å²) in [5.74, 6) is 6.75. The van der Waals surface area contributed by atoms with Crippen molar-refractivity contribution in [2.24, 2.45) is 0 Å². The number of hydrogen-bond donors (Lipinski definition) is 1. The first-order valence-electron chi connectivity index (χ1n) is 5.63. The Morgan fingerprint density at radius 1 is 1.20 bits per heavy atom. The van der Waals surface area contributed by atoms with Crippen LogP contribution in [0, 0.1) is 0 Å². The van der Waals surface area contributed by atoms with Crippen LogP contribution >= 0.6 is 11.8 Å². The summed E-state index contributed by atoms with van der Waals surface area (Å²) in [7, 11) is 3.06. The van der Waals surface area contributed by atoms with Gasteiger partial charge < -0.3 is 15.3 Å². The molecule has 0 saturated carbocycles. The van der Waals surface area contributed by atoms with Crippen LogP contribution in [0.3, 0.4) is 0 Å². The third kappa shape index (κ3) is 2.42. The molecule has 20 heavy (non-hydrogen) atoms. The molecule has 0 amide bonds. The summed E-state index contributed by atoms with van der Waals surface area (Å²) >= 11 is 1.25. The molecule has 0 atom stereocenters. The van der Waals surface area contributed by atoms with Crippen LogP contribution in [-0.4, -0.2) is 35.3 Å². The van der Waals surface area contributed by atoms with Gasteiger partial charge in [-0.3, -0.25) is 4.79 Å². The van der Waals surface area contributed by atoms with Gasteiger partial charge in [0.25, 0.3) is 5.56 Å². The quantitative estimate of drug-likeness (QED) is 0.657. The van der Waals surface area contributed by atoms with Gasteiger partial charge in [0.05, 0.1) is 14.2 Å². The number of rotatable bonds is 4. The van der Waals surface area contributed by atoms with Crippen molar-refractivity contribution in [3.05, 3.63) is 28.6 Å². The van der Waals surface area contributed by atoms with Gasteiger partial charge in [-0.25, -0.2) is 0 Å². The molecule has 0 aliphatic carbocycles. The van der Waals surface area contributed by atoms with E-state index in [0.717, 1.165) is 4.68 Å². The van der Waals surface area contributed by atoms with Crippen molar-refractivity contribution in [2.75, 3.05) is 26.3 Å². The topological polar surface area (TPSA) is 92.3 Å². The van der Waals surface area contributed by atoms with Gasteiger partial charge in [0.15, 0.2) is 17.2 Å². The zero-order valence-corrected chi connectivity index (χ0v) is 12.1. The molecule has 8 heteroatoms. The zero-order valence-electron chi connectivity index (χ0n) is 11.3. The zero-order chi connectivity index (χ0) is 14.7. The van der Waals surface area contributed by atoms with Crippen molar-refractivity contribution in [3.63, 3.8) is 0 Å². The maximum atomic E-state index is 12.2. The van der Waals surface area contributed by atoms with Gasteiger partial charge in [-0.05, 0) is 24.5 Å². The molecule has 2 rings (SSSR count). The Bertz CT molecular complexity index is 687. The monoisotopic (exact) mass is 294 g/mol. The standard InChI is InChI=1S/C12H14N4O3S/c1-18-8-5-4-7(6-9(8)19-2)10-11(17)16(13)12(20-3)15-14-10/h4-6H,13H2,1-3H3. The highest BCUT2D eigenvalue weighted by molar-refractivity contribution is 7.98. The molecule has 0 bridgehead atoms. The van der Waals surface area contributed by atoms with Crippen molar-refractivity contribution in [1.29, 1.82) is 0 Å². The van der Waals surface area contributed by atoms with Gasteiger partial charge in [-0.2, -0.15) is 4.68 Å². The smallest absolute Gasteiger partial charge is 0.299 e. The Hall–Kier alpha value is -2.22. The molecule has 106 valence electrons. The molecule has 0 spiro atoms. The first-order valence-corrected chi connectivity index (χ1v) is 6.86. The minimum Gasteiger partial charge on any atom is -0.493 e. The Balaban J connectivity index is 2.58. The van der Waals surface area contributed by atoms with Crippen LogP contribution in [0.15, 0.2) is 28.2 Å². The van der Waals surface area contributed by atoms with E-state index in [-0.39, 0.29) is 5.69 Å². The van der Waals surface area contributed by atoms with Crippen molar-refractivity contribution >= 4 is 11.8 Å². The Kier molecular flexibility index (Phi) is 4.14. The van der Waals surface area contributed by atoms with Crippen LogP contribution in [-0.2, 0) is 0 Å². The van der Waals surface area contributed by atoms with E-state index in [1.54, 1.807) is 24.5 Å². The number of nitrogens with zero attached hydrogens (tertiary/aromatic N) is 3. The lowest BCUT2D eigenvalue weighted by Crippen LogP contribution is -2.31. The molecule has 2 aromatic rings. The Labute approximate surface area is 119 Å². The van der Waals surface area contributed by atoms with Gasteiger partial charge in [0.2, 0.25) is 5.16 Å². The molecule has 1 aromatic heterocycles. The number of methoxy groups -OCH3 is 2. The maximum Gasteiger partial charge on any atom is 0.299 e. The molecule has 0 aliphatic heterocycles. The van der Waals surface area contributed by atoms with E-state index in [2.05, 4.69) is 10.2 Å². The first kappa shape index (κ1) is 14.2. The summed E-state index contributed by atoms with van der Waals surface area (Å²) in [6, 6.07) is 5.05. The SMILES string of the molecule is COc1ccc(-c2nnc(SC)n(N)c2=O)cc1OC. The van der Waals surface area contributed by atoms with Gasteiger partial charge in [0.1, 0.15) is 0 Å². The van der Waals surface area contributed by atoms with E-state index in [1.165, 1.54) is 26.0 Å². The van der Waals surface area contributed by atoms with E-state index in [9.17, 15) is 4.79 Å². The molecule has 0 aliphatic rings. The van der Waals surface area contributed by atoms with Crippen LogP contribution in [0.25, 0.3) is 11.3 Å². The molecule has 1 heterocycles. The van der Waals surface area contributed by atoms with Gasteiger partial charge in [-0.15, -0.1) is 10.2 Å². The minimum absolute atomic E-state index is 0.159. The fraction of sp³-hybridized carbons (Fsp3) is 0.250. The van der Waals surface area contributed by atoms with Gasteiger partial charge in [0, 0.05) is 5.56 Å². The van der Waals surface area contributed by atoms with Gasteiger partial charge >= 0.3 is 0 Å². The summed E-state index contributed by atoms with van der Waals surface area (Å²) in [6.45, 7) is 0. The predicted molar refractivity (Wildman–Crippen MR) is 76.8 cm³/mol. The second kappa shape index (κ2) is 5.83. The lowest BCUT2D eigenvalue weighted by Gasteiger charge is -2.09. The normalized spacial score (nSPS) is 10.3. The highest BCUT2D eigenvalue weighted by Crippen LogP contribution is 2.30. The number of benzene rings is 1. The minimum atomic E-state index is -0.420. The molecule has 1 aromatic carbocycles. The third-order valence-electron chi connectivity index (χ3n) is 2.70. The van der Waals surface area contributed by atoms with Crippen LogP contribution in [0.2, 0.25) is 0 Å². The molecule has 7 nitrogen and oxygen atoms in total. The van der Waals surface area contributed by atoms with Gasteiger partial charge in [-0.1, -0.05) is 11.8 Å². The predicted octanol–water partition coefficient (Wildman–Crippen LogP) is 0.758. The number of nitrogens with two attached hydrogens (primary N) is 1. The molecular formula is C12H14N4O3S. The van der Waals surface area contributed by atoms with Crippen molar-refractivity contribution in [1.82, 2.24) is 14.9 Å². The summed E-state index contributed by atoms with van der Waals surface area (Å²) < 4.78 is 11.3.